The fraction of sp³-hybridized carbons (Fsp3) is 1.00. The van der Waals surface area contributed by atoms with Gasteiger partial charge < -0.3 is 9.47 Å². The number of hydrogen-bond donors (Lipinski definition) is 0. The molecule has 0 aromatic carbocycles. The Hall–Kier alpha value is -0.130. The van der Waals surface area contributed by atoms with Gasteiger partial charge in [-0.15, -0.1) is 0 Å². The summed E-state index contributed by atoms with van der Waals surface area (Å²) in [6.07, 6.45) is 1.48. The lowest BCUT2D eigenvalue weighted by molar-refractivity contribution is 0.0791. The van der Waals surface area contributed by atoms with Gasteiger partial charge in [0.2, 0.25) is 0 Å². The van der Waals surface area contributed by atoms with Gasteiger partial charge in [-0.1, -0.05) is 0 Å². The molecule has 0 saturated heterocycles. The average molecular weight is 266 g/mol. The van der Waals surface area contributed by atoms with Crippen molar-refractivity contribution in [3.05, 3.63) is 0 Å². The highest BCUT2D eigenvalue weighted by Crippen LogP contribution is 2.00. The van der Waals surface area contributed by atoms with Crippen LogP contribution in [0.5, 0.6) is 0 Å². The van der Waals surface area contributed by atoms with Crippen LogP contribution in [0.2, 0.25) is 0 Å². The molecule has 0 radical (unpaired) electrons. The Balaban J connectivity index is 3.59. The zero-order chi connectivity index (χ0) is 13.3. The lowest BCUT2D eigenvalue weighted by atomic mass is 10.4. The molecule has 0 unspecified atom stereocenters. The summed E-state index contributed by atoms with van der Waals surface area (Å²) < 4.78 is 33.8. The van der Waals surface area contributed by atoms with Crippen LogP contribution in [-0.4, -0.2) is 45.3 Å². The van der Waals surface area contributed by atoms with Gasteiger partial charge in [0.25, 0.3) is 0 Å². The first-order valence-electron chi connectivity index (χ1n) is 6.27. The normalized spacial score (nSPS) is 12.6. The van der Waals surface area contributed by atoms with Crippen molar-refractivity contribution in [2.75, 3.05) is 24.7 Å². The average Bonchev–Trinajstić information content (AvgIpc) is 2.19. The second-order valence-electron chi connectivity index (χ2n) is 4.70. The Morgan fingerprint density at radius 1 is 0.824 bits per heavy atom. The van der Waals surface area contributed by atoms with Crippen LogP contribution in [-0.2, 0) is 19.3 Å². The van der Waals surface area contributed by atoms with Crippen molar-refractivity contribution >= 4 is 9.84 Å². The molecule has 0 aliphatic heterocycles. The Kier molecular flexibility index (Phi) is 8.82. The van der Waals surface area contributed by atoms with Crippen LogP contribution in [0, 0.1) is 0 Å². The van der Waals surface area contributed by atoms with Gasteiger partial charge in [0.05, 0.1) is 23.7 Å². The third-order valence-electron chi connectivity index (χ3n) is 2.10. The predicted octanol–water partition coefficient (Wildman–Crippen LogP) is 2.03. The smallest absolute Gasteiger partial charge is 0.150 e. The van der Waals surface area contributed by atoms with Gasteiger partial charge >= 0.3 is 0 Å². The number of ether oxygens (including phenoxy) is 2. The minimum absolute atomic E-state index is 0.164. The highest BCUT2D eigenvalue weighted by Gasteiger charge is 2.10. The van der Waals surface area contributed by atoms with Crippen molar-refractivity contribution in [2.24, 2.45) is 0 Å². The highest BCUT2D eigenvalue weighted by molar-refractivity contribution is 7.91. The van der Waals surface area contributed by atoms with E-state index in [-0.39, 0.29) is 23.7 Å². The molecule has 0 fully saturated rings. The Morgan fingerprint density at radius 2 is 1.18 bits per heavy atom. The molecule has 0 aromatic rings. The van der Waals surface area contributed by atoms with Gasteiger partial charge in [-0.3, -0.25) is 0 Å². The molecule has 0 atom stereocenters. The first kappa shape index (κ1) is 16.9. The molecule has 0 amide bonds. The molecule has 0 aliphatic carbocycles. The van der Waals surface area contributed by atoms with Crippen molar-refractivity contribution in [3.63, 3.8) is 0 Å². The second kappa shape index (κ2) is 8.89. The zero-order valence-corrected chi connectivity index (χ0v) is 12.3. The van der Waals surface area contributed by atoms with Crippen LogP contribution in [0.1, 0.15) is 40.5 Å². The summed E-state index contributed by atoms with van der Waals surface area (Å²) >= 11 is 0. The van der Waals surface area contributed by atoms with Crippen molar-refractivity contribution < 1.29 is 17.9 Å². The molecule has 0 bridgehead atoms. The Morgan fingerprint density at radius 3 is 1.47 bits per heavy atom. The molecule has 0 saturated carbocycles. The quantitative estimate of drug-likeness (QED) is 0.568. The first-order valence-corrected chi connectivity index (χ1v) is 8.09. The van der Waals surface area contributed by atoms with Gasteiger partial charge in [0.15, 0.2) is 0 Å². The molecule has 5 heteroatoms. The predicted molar refractivity (Wildman–Crippen MR) is 70.1 cm³/mol. The van der Waals surface area contributed by atoms with Gasteiger partial charge in [-0.05, 0) is 40.5 Å². The van der Waals surface area contributed by atoms with Gasteiger partial charge in [-0.25, -0.2) is 8.42 Å². The summed E-state index contributed by atoms with van der Waals surface area (Å²) in [5.41, 5.74) is 0. The van der Waals surface area contributed by atoms with E-state index in [1.54, 1.807) is 0 Å². The molecule has 104 valence electrons. The minimum Gasteiger partial charge on any atom is -0.379 e. The van der Waals surface area contributed by atoms with Crippen molar-refractivity contribution in [1.82, 2.24) is 0 Å². The Labute approximate surface area is 106 Å². The molecule has 4 nitrogen and oxygen atoms in total. The molecule has 0 aromatic heterocycles. The maximum absolute atomic E-state index is 11.6. The maximum atomic E-state index is 11.6. The third-order valence-corrected chi connectivity index (χ3v) is 3.92. The summed E-state index contributed by atoms with van der Waals surface area (Å²) in [6, 6.07) is 0. The van der Waals surface area contributed by atoms with Crippen LogP contribution >= 0.6 is 0 Å². The maximum Gasteiger partial charge on any atom is 0.150 e. The third kappa shape index (κ3) is 12.1. The summed E-state index contributed by atoms with van der Waals surface area (Å²) in [6.45, 7) is 8.80. The largest absolute Gasteiger partial charge is 0.379 e. The SMILES string of the molecule is CC(C)OCCCS(=O)(=O)CCCOC(C)C. The van der Waals surface area contributed by atoms with E-state index in [9.17, 15) is 8.42 Å². The summed E-state index contributed by atoms with van der Waals surface area (Å²) in [5.74, 6) is 0.419. The lowest BCUT2D eigenvalue weighted by Crippen LogP contribution is -2.16. The van der Waals surface area contributed by atoms with Crippen molar-refractivity contribution in [3.8, 4) is 0 Å². The van der Waals surface area contributed by atoms with E-state index in [4.69, 9.17) is 9.47 Å². The number of hydrogen-bond acceptors (Lipinski definition) is 4. The fourth-order valence-electron chi connectivity index (χ4n) is 1.30. The van der Waals surface area contributed by atoms with E-state index in [0.717, 1.165) is 0 Å². The van der Waals surface area contributed by atoms with Crippen molar-refractivity contribution in [1.29, 1.82) is 0 Å². The standard InChI is InChI=1S/C12H26O4S/c1-11(2)15-7-5-9-17(13,14)10-6-8-16-12(3)4/h11-12H,5-10H2,1-4H3. The molecule has 0 spiro atoms. The van der Waals surface area contributed by atoms with E-state index in [1.165, 1.54) is 0 Å². The summed E-state index contributed by atoms with van der Waals surface area (Å²) in [4.78, 5) is 0. The fourth-order valence-corrected chi connectivity index (χ4v) is 2.62. The molecule has 0 rings (SSSR count). The summed E-state index contributed by atoms with van der Waals surface area (Å²) in [5, 5.41) is 0. The van der Waals surface area contributed by atoms with Crippen LogP contribution < -0.4 is 0 Å². The first-order chi connectivity index (χ1) is 7.83. The molecular weight excluding hydrogens is 240 g/mol. The van der Waals surface area contributed by atoms with E-state index in [2.05, 4.69) is 0 Å². The molecular formula is C12H26O4S. The van der Waals surface area contributed by atoms with Crippen molar-refractivity contribution in [2.45, 2.75) is 52.7 Å². The van der Waals surface area contributed by atoms with Gasteiger partial charge in [0.1, 0.15) is 9.84 Å². The van der Waals surface area contributed by atoms with Crippen LogP contribution in [0.25, 0.3) is 0 Å². The topological polar surface area (TPSA) is 52.6 Å². The van der Waals surface area contributed by atoms with Crippen LogP contribution in [0.3, 0.4) is 0 Å². The monoisotopic (exact) mass is 266 g/mol. The number of rotatable bonds is 10. The minimum atomic E-state index is -2.94. The van der Waals surface area contributed by atoms with Gasteiger partial charge in [-0.2, -0.15) is 0 Å². The van der Waals surface area contributed by atoms with E-state index < -0.39 is 9.84 Å². The second-order valence-corrected chi connectivity index (χ2v) is 7.00. The molecule has 0 N–H and O–H groups in total. The highest BCUT2D eigenvalue weighted by atomic mass is 32.2. The van der Waals surface area contributed by atoms with Crippen LogP contribution in [0.4, 0.5) is 0 Å². The van der Waals surface area contributed by atoms with Crippen LogP contribution in [0.15, 0.2) is 0 Å². The Bertz CT molecular complexity index is 248. The zero-order valence-electron chi connectivity index (χ0n) is 11.4. The van der Waals surface area contributed by atoms with E-state index in [1.807, 2.05) is 27.7 Å². The van der Waals surface area contributed by atoms with Gasteiger partial charge in [0, 0.05) is 13.2 Å². The molecule has 17 heavy (non-hydrogen) atoms. The number of sulfone groups is 1. The van der Waals surface area contributed by atoms with E-state index >= 15 is 0 Å². The van der Waals surface area contributed by atoms with E-state index in [0.29, 0.717) is 26.1 Å². The molecule has 0 heterocycles. The lowest BCUT2D eigenvalue weighted by Gasteiger charge is -2.09. The summed E-state index contributed by atoms with van der Waals surface area (Å²) in [7, 11) is -2.94. The molecule has 0 aliphatic rings.